The summed E-state index contributed by atoms with van der Waals surface area (Å²) in [4.78, 5) is 0. The lowest BCUT2D eigenvalue weighted by atomic mass is 10.1. The molecule has 0 heterocycles. The maximum Gasteiger partial charge on any atom is 0.190 e. The average Bonchev–Trinajstić information content (AvgIpc) is 2.47. The van der Waals surface area contributed by atoms with Crippen LogP contribution < -0.4 is 11.5 Å². The van der Waals surface area contributed by atoms with E-state index in [9.17, 15) is 0 Å². The van der Waals surface area contributed by atoms with Crippen LogP contribution in [0.4, 0.5) is 0 Å². The minimum Gasteiger partial charge on any atom is -0.453 e. The molecule has 0 aromatic heterocycles. The summed E-state index contributed by atoms with van der Waals surface area (Å²) in [7, 11) is -3.98. The molecule has 0 rings (SSSR count). The number of rotatable bonds is 12. The molecule has 0 radical (unpaired) electrons. The normalized spacial score (nSPS) is 18.1. The molecule has 0 fully saturated rings. The highest BCUT2D eigenvalue weighted by Crippen LogP contribution is 2.27. The molecule has 0 aromatic carbocycles. The molecule has 0 aliphatic heterocycles. The molecular formula is C18H40N2OSi2. The molecule has 4 N–H and O–H groups in total. The van der Waals surface area contributed by atoms with Crippen molar-refractivity contribution in [1.29, 1.82) is 0 Å². The van der Waals surface area contributed by atoms with Crippen molar-refractivity contribution in [3.8, 4) is 0 Å². The highest BCUT2D eigenvalue weighted by Gasteiger charge is 2.43. The Balaban J connectivity index is 4.88. The molecule has 136 valence electrons. The zero-order chi connectivity index (χ0) is 18.3. The molecule has 0 saturated heterocycles. The first kappa shape index (κ1) is 22.8. The molecule has 5 heteroatoms. The summed E-state index contributed by atoms with van der Waals surface area (Å²) in [6.07, 6.45) is 8.11. The van der Waals surface area contributed by atoms with Gasteiger partial charge in [0, 0.05) is 11.3 Å². The van der Waals surface area contributed by atoms with Crippen molar-refractivity contribution in [3.63, 3.8) is 0 Å². The first-order valence-corrected chi connectivity index (χ1v) is 14.9. The first-order valence-electron chi connectivity index (χ1n) is 8.92. The molecule has 4 atom stereocenters. The molecule has 0 amide bonds. The quantitative estimate of drug-likeness (QED) is 0.403. The van der Waals surface area contributed by atoms with Crippen molar-refractivity contribution in [2.45, 2.75) is 77.0 Å². The van der Waals surface area contributed by atoms with Gasteiger partial charge in [-0.2, -0.15) is 0 Å². The van der Waals surface area contributed by atoms with Gasteiger partial charge in [-0.15, -0.1) is 13.2 Å². The van der Waals surface area contributed by atoms with Crippen LogP contribution in [0.2, 0.25) is 26.2 Å². The van der Waals surface area contributed by atoms with Crippen LogP contribution in [0.3, 0.4) is 0 Å². The molecule has 4 unspecified atom stereocenters. The second kappa shape index (κ2) is 9.94. The van der Waals surface area contributed by atoms with E-state index in [1.165, 1.54) is 0 Å². The predicted octanol–water partition coefficient (Wildman–Crippen LogP) is 4.35. The number of nitrogens with two attached hydrogens (primary N) is 2. The van der Waals surface area contributed by atoms with Gasteiger partial charge in [0.1, 0.15) is 0 Å². The van der Waals surface area contributed by atoms with Crippen LogP contribution in [0.1, 0.15) is 39.5 Å². The summed E-state index contributed by atoms with van der Waals surface area (Å²) in [6, 6.07) is 0. The Kier molecular flexibility index (Phi) is 9.85. The predicted molar refractivity (Wildman–Crippen MR) is 109 cm³/mol. The lowest BCUT2D eigenvalue weighted by molar-refractivity contribution is 0.410. The van der Waals surface area contributed by atoms with Crippen molar-refractivity contribution in [2.75, 3.05) is 0 Å². The third-order valence-electron chi connectivity index (χ3n) is 5.01. The Hall–Kier alpha value is -0.206. The summed E-state index contributed by atoms with van der Waals surface area (Å²) in [6.45, 7) is 21.1. The largest absolute Gasteiger partial charge is 0.453 e. The lowest BCUT2D eigenvalue weighted by Crippen LogP contribution is -2.64. The van der Waals surface area contributed by atoms with Crippen molar-refractivity contribution < 1.29 is 4.12 Å². The molecule has 0 spiro atoms. The summed E-state index contributed by atoms with van der Waals surface area (Å²) in [5, 5.41) is 0. The van der Waals surface area contributed by atoms with Crippen molar-refractivity contribution in [2.24, 2.45) is 23.3 Å². The van der Waals surface area contributed by atoms with E-state index in [0.717, 1.165) is 25.7 Å². The van der Waals surface area contributed by atoms with Crippen LogP contribution in [-0.4, -0.2) is 28.0 Å². The van der Waals surface area contributed by atoms with Crippen LogP contribution in [0.5, 0.6) is 0 Å². The van der Waals surface area contributed by atoms with Gasteiger partial charge >= 0.3 is 0 Å². The van der Waals surface area contributed by atoms with Gasteiger partial charge in [-0.1, -0.05) is 26.0 Å². The lowest BCUT2D eigenvalue weighted by Gasteiger charge is -2.43. The van der Waals surface area contributed by atoms with E-state index in [0.29, 0.717) is 11.8 Å². The van der Waals surface area contributed by atoms with E-state index >= 15 is 0 Å². The van der Waals surface area contributed by atoms with Crippen LogP contribution in [-0.2, 0) is 4.12 Å². The molecule has 3 nitrogen and oxygen atoms in total. The van der Waals surface area contributed by atoms with E-state index < -0.39 is 16.6 Å². The van der Waals surface area contributed by atoms with Gasteiger partial charge in [-0.25, -0.2) is 0 Å². The molecule has 0 aliphatic rings. The second-order valence-electron chi connectivity index (χ2n) is 8.05. The topological polar surface area (TPSA) is 61.3 Å². The molecule has 0 aliphatic carbocycles. The zero-order valence-electron chi connectivity index (χ0n) is 16.3. The van der Waals surface area contributed by atoms with Crippen LogP contribution >= 0.6 is 0 Å². The average molecular weight is 357 g/mol. The molecular weight excluding hydrogens is 316 g/mol. The van der Waals surface area contributed by atoms with Gasteiger partial charge in [-0.05, 0) is 63.7 Å². The van der Waals surface area contributed by atoms with Gasteiger partial charge < -0.3 is 15.6 Å². The second-order valence-corrected chi connectivity index (χ2v) is 16.6. The van der Waals surface area contributed by atoms with Gasteiger partial charge in [0.2, 0.25) is 0 Å². The molecule has 0 bridgehead atoms. The Morgan fingerprint density at radius 1 is 0.826 bits per heavy atom. The Morgan fingerprint density at radius 3 is 1.39 bits per heavy atom. The summed E-state index contributed by atoms with van der Waals surface area (Å²) in [5.41, 5.74) is 13.4. The van der Waals surface area contributed by atoms with Gasteiger partial charge in [0.25, 0.3) is 0 Å². The number of hydrogen-bond donors (Lipinski definition) is 2. The van der Waals surface area contributed by atoms with Crippen LogP contribution in [0.15, 0.2) is 25.3 Å². The Bertz CT molecular complexity index is 338. The maximum absolute atomic E-state index is 6.73. The van der Waals surface area contributed by atoms with Gasteiger partial charge in [0.15, 0.2) is 16.6 Å². The van der Waals surface area contributed by atoms with E-state index in [1.54, 1.807) is 0 Å². The van der Waals surface area contributed by atoms with Crippen molar-refractivity contribution >= 4 is 16.6 Å². The fourth-order valence-corrected chi connectivity index (χ4v) is 12.9. The third-order valence-corrected chi connectivity index (χ3v) is 13.6. The first-order chi connectivity index (χ1) is 10.5. The molecule has 0 aromatic rings. The fraction of sp³-hybridized carbons (Fsp3) is 0.778. The van der Waals surface area contributed by atoms with Crippen LogP contribution in [0, 0.1) is 11.8 Å². The van der Waals surface area contributed by atoms with E-state index in [4.69, 9.17) is 15.6 Å². The van der Waals surface area contributed by atoms with Gasteiger partial charge in [-0.3, -0.25) is 0 Å². The monoisotopic (exact) mass is 356 g/mol. The Morgan fingerprint density at radius 2 is 1.13 bits per heavy atom. The fourth-order valence-electron chi connectivity index (χ4n) is 3.31. The summed E-state index contributed by atoms with van der Waals surface area (Å²) >= 11 is 0. The zero-order valence-corrected chi connectivity index (χ0v) is 18.3. The summed E-state index contributed by atoms with van der Waals surface area (Å²) in [5.74, 6) is 0.905. The van der Waals surface area contributed by atoms with E-state index in [1.807, 2.05) is 12.2 Å². The summed E-state index contributed by atoms with van der Waals surface area (Å²) < 4.78 is 6.73. The third kappa shape index (κ3) is 7.48. The minimum atomic E-state index is -1.99. The van der Waals surface area contributed by atoms with E-state index in [-0.39, 0.29) is 11.3 Å². The Labute approximate surface area is 146 Å². The number of hydrogen-bond acceptors (Lipinski definition) is 3. The van der Waals surface area contributed by atoms with E-state index in [2.05, 4.69) is 53.2 Å². The van der Waals surface area contributed by atoms with Crippen molar-refractivity contribution in [1.82, 2.24) is 0 Å². The van der Waals surface area contributed by atoms with Crippen LogP contribution in [0.25, 0.3) is 0 Å². The maximum atomic E-state index is 6.73. The highest BCUT2D eigenvalue weighted by atomic mass is 28.4. The van der Waals surface area contributed by atoms with Crippen molar-refractivity contribution in [3.05, 3.63) is 25.3 Å². The molecule has 0 saturated carbocycles. The minimum absolute atomic E-state index is 0.130. The van der Waals surface area contributed by atoms with Gasteiger partial charge in [0.05, 0.1) is 0 Å². The SMILES string of the molecule is C=CCCC(C)C(N)[Si](C)(C)O[Si](C)(C)C(N)C(C)CCC=C. The standard InChI is InChI=1S/C18H40N2OSi2/c1-9-11-13-15(3)17(19)22(5,6)21-23(7,8)18(20)16(4)14-12-10-2/h9-10,15-18H,1-2,11-14,19-20H2,3-8H3. The molecule has 23 heavy (non-hydrogen) atoms. The number of allylic oxidation sites excluding steroid dienone is 2. The smallest absolute Gasteiger partial charge is 0.190 e. The highest BCUT2D eigenvalue weighted by molar-refractivity contribution is 6.86.